The van der Waals surface area contributed by atoms with Gasteiger partial charge in [-0.3, -0.25) is 15.8 Å². The molecule has 0 aliphatic heterocycles. The van der Waals surface area contributed by atoms with Gasteiger partial charge in [-0.15, -0.1) is 0 Å². The van der Waals surface area contributed by atoms with Gasteiger partial charge in [0.2, 0.25) is 0 Å². The Bertz CT molecular complexity index is 470. The zero-order valence-electron chi connectivity index (χ0n) is 9.80. The van der Waals surface area contributed by atoms with Gasteiger partial charge < -0.3 is 0 Å². The van der Waals surface area contributed by atoms with Crippen molar-refractivity contribution in [2.24, 2.45) is 5.84 Å². The van der Waals surface area contributed by atoms with Crippen LogP contribution in [0.4, 0.5) is 0 Å². The van der Waals surface area contributed by atoms with Gasteiger partial charge in [-0.1, -0.05) is 13.0 Å². The number of nitrogens with one attached hydrogen (secondary N) is 1. The third kappa shape index (κ3) is 2.49. The van der Waals surface area contributed by atoms with Crippen LogP contribution in [0.2, 0.25) is 0 Å². The molecule has 0 saturated heterocycles. The van der Waals surface area contributed by atoms with E-state index in [9.17, 15) is 0 Å². The average molecular weight is 228 g/mol. The lowest BCUT2D eigenvalue weighted by Crippen LogP contribution is -2.29. The molecule has 2 heterocycles. The summed E-state index contributed by atoms with van der Waals surface area (Å²) in [4.78, 5) is 8.27. The van der Waals surface area contributed by atoms with E-state index in [4.69, 9.17) is 5.84 Å². The minimum absolute atomic E-state index is 0.0401. The highest BCUT2D eigenvalue weighted by Crippen LogP contribution is 2.23. The minimum atomic E-state index is -0.0401. The Hall–Kier alpha value is -1.78. The topological polar surface area (TPSA) is 63.8 Å². The van der Waals surface area contributed by atoms with Gasteiger partial charge >= 0.3 is 0 Å². The van der Waals surface area contributed by atoms with Crippen molar-refractivity contribution in [3.05, 3.63) is 59.7 Å². The van der Waals surface area contributed by atoms with E-state index in [-0.39, 0.29) is 6.04 Å². The normalized spacial score (nSPS) is 12.4. The standard InChI is InChI=1S/C13H16N4/c1-2-10-8-16-7-5-12(10)13(17-14)11-4-3-6-15-9-11/h3-9,13,17H,2,14H2,1H3. The summed E-state index contributed by atoms with van der Waals surface area (Å²) in [6.07, 6.45) is 8.18. The largest absolute Gasteiger partial charge is 0.271 e. The molecule has 4 heteroatoms. The molecule has 2 rings (SSSR count). The summed E-state index contributed by atoms with van der Waals surface area (Å²) in [7, 11) is 0. The molecule has 0 fully saturated rings. The smallest absolute Gasteiger partial charge is 0.0728 e. The number of hydrogen-bond donors (Lipinski definition) is 2. The molecule has 0 bridgehead atoms. The van der Waals surface area contributed by atoms with Crippen LogP contribution in [-0.4, -0.2) is 9.97 Å². The van der Waals surface area contributed by atoms with Crippen LogP contribution in [0.1, 0.15) is 29.7 Å². The van der Waals surface area contributed by atoms with Crippen LogP contribution in [0.25, 0.3) is 0 Å². The first kappa shape index (κ1) is 11.7. The third-order valence-corrected chi connectivity index (χ3v) is 2.82. The van der Waals surface area contributed by atoms with Crippen LogP contribution < -0.4 is 11.3 Å². The van der Waals surface area contributed by atoms with E-state index in [2.05, 4.69) is 22.3 Å². The van der Waals surface area contributed by atoms with E-state index in [0.717, 1.165) is 17.5 Å². The van der Waals surface area contributed by atoms with Gasteiger partial charge in [-0.25, -0.2) is 5.43 Å². The van der Waals surface area contributed by atoms with Crippen molar-refractivity contribution in [1.82, 2.24) is 15.4 Å². The lowest BCUT2D eigenvalue weighted by molar-refractivity contribution is 0.628. The molecule has 0 radical (unpaired) electrons. The van der Waals surface area contributed by atoms with Gasteiger partial charge in [-0.05, 0) is 35.2 Å². The highest BCUT2D eigenvalue weighted by molar-refractivity contribution is 5.34. The third-order valence-electron chi connectivity index (χ3n) is 2.82. The van der Waals surface area contributed by atoms with Crippen LogP contribution in [0.5, 0.6) is 0 Å². The monoisotopic (exact) mass is 228 g/mol. The Morgan fingerprint density at radius 3 is 2.71 bits per heavy atom. The first-order chi connectivity index (χ1) is 8.36. The molecule has 0 aromatic carbocycles. The number of nitrogens with two attached hydrogens (primary N) is 1. The van der Waals surface area contributed by atoms with Crippen LogP contribution in [0, 0.1) is 0 Å². The van der Waals surface area contributed by atoms with E-state index >= 15 is 0 Å². The van der Waals surface area contributed by atoms with Crippen LogP contribution in [0.3, 0.4) is 0 Å². The predicted octanol–water partition coefficient (Wildman–Crippen LogP) is 1.59. The molecule has 2 aromatic rings. The maximum absolute atomic E-state index is 5.66. The first-order valence-corrected chi connectivity index (χ1v) is 5.65. The maximum Gasteiger partial charge on any atom is 0.0728 e. The second-order valence-electron chi connectivity index (χ2n) is 3.81. The summed E-state index contributed by atoms with van der Waals surface area (Å²) >= 11 is 0. The zero-order valence-corrected chi connectivity index (χ0v) is 9.80. The van der Waals surface area contributed by atoms with Gasteiger partial charge in [0, 0.05) is 24.8 Å². The molecule has 1 atom stereocenters. The Kier molecular flexibility index (Phi) is 3.80. The highest BCUT2D eigenvalue weighted by atomic mass is 15.2. The molecule has 17 heavy (non-hydrogen) atoms. The summed E-state index contributed by atoms with van der Waals surface area (Å²) in [5.41, 5.74) is 6.24. The number of hydrazine groups is 1. The molecule has 0 spiro atoms. The number of aromatic nitrogens is 2. The Morgan fingerprint density at radius 2 is 2.06 bits per heavy atom. The molecular weight excluding hydrogens is 212 g/mol. The van der Waals surface area contributed by atoms with Crippen molar-refractivity contribution in [3.8, 4) is 0 Å². The Morgan fingerprint density at radius 1 is 1.24 bits per heavy atom. The number of nitrogens with zero attached hydrogens (tertiary/aromatic N) is 2. The molecule has 1 unspecified atom stereocenters. The molecule has 4 nitrogen and oxygen atoms in total. The highest BCUT2D eigenvalue weighted by Gasteiger charge is 2.15. The average Bonchev–Trinajstić information content (AvgIpc) is 2.41. The fraction of sp³-hybridized carbons (Fsp3) is 0.231. The first-order valence-electron chi connectivity index (χ1n) is 5.65. The second kappa shape index (κ2) is 5.52. The minimum Gasteiger partial charge on any atom is -0.271 e. The Balaban J connectivity index is 2.42. The van der Waals surface area contributed by atoms with Crippen molar-refractivity contribution >= 4 is 0 Å². The van der Waals surface area contributed by atoms with Crippen molar-refractivity contribution < 1.29 is 0 Å². The number of rotatable bonds is 4. The zero-order chi connectivity index (χ0) is 12.1. The summed E-state index contributed by atoms with van der Waals surface area (Å²) in [5, 5.41) is 0. The van der Waals surface area contributed by atoms with Gasteiger partial charge in [0.05, 0.1) is 6.04 Å². The lowest BCUT2D eigenvalue weighted by atomic mass is 9.96. The summed E-state index contributed by atoms with van der Waals surface area (Å²) < 4.78 is 0. The lowest BCUT2D eigenvalue weighted by Gasteiger charge is -2.19. The van der Waals surface area contributed by atoms with Crippen molar-refractivity contribution in [2.45, 2.75) is 19.4 Å². The van der Waals surface area contributed by atoms with Gasteiger partial charge in [-0.2, -0.15) is 0 Å². The molecular formula is C13H16N4. The fourth-order valence-corrected chi connectivity index (χ4v) is 1.93. The molecule has 0 aliphatic carbocycles. The van der Waals surface area contributed by atoms with Gasteiger partial charge in [0.15, 0.2) is 0 Å². The van der Waals surface area contributed by atoms with Crippen LogP contribution in [0.15, 0.2) is 43.0 Å². The van der Waals surface area contributed by atoms with E-state index < -0.39 is 0 Å². The summed E-state index contributed by atoms with van der Waals surface area (Å²) in [6.45, 7) is 2.11. The molecule has 2 aromatic heterocycles. The number of aryl methyl sites for hydroxylation is 1. The number of hydrogen-bond acceptors (Lipinski definition) is 4. The fourth-order valence-electron chi connectivity index (χ4n) is 1.93. The molecule has 88 valence electrons. The SMILES string of the molecule is CCc1cnccc1C(NN)c1cccnc1. The quantitative estimate of drug-likeness (QED) is 0.616. The molecule has 0 saturated carbocycles. The Labute approximate surface area is 101 Å². The molecule has 3 N–H and O–H groups in total. The molecule has 0 amide bonds. The second-order valence-corrected chi connectivity index (χ2v) is 3.81. The molecule has 0 aliphatic rings. The summed E-state index contributed by atoms with van der Waals surface area (Å²) in [6, 6.07) is 5.88. The predicted molar refractivity (Wildman–Crippen MR) is 67.0 cm³/mol. The van der Waals surface area contributed by atoms with Crippen molar-refractivity contribution in [2.75, 3.05) is 0 Å². The van der Waals surface area contributed by atoms with E-state index in [0.29, 0.717) is 0 Å². The summed E-state index contributed by atoms with van der Waals surface area (Å²) in [5.74, 6) is 5.66. The maximum atomic E-state index is 5.66. The van der Waals surface area contributed by atoms with E-state index in [1.165, 1.54) is 5.56 Å². The van der Waals surface area contributed by atoms with Crippen molar-refractivity contribution in [1.29, 1.82) is 0 Å². The van der Waals surface area contributed by atoms with E-state index in [1.54, 1.807) is 12.4 Å². The van der Waals surface area contributed by atoms with Crippen LogP contribution >= 0.6 is 0 Å². The van der Waals surface area contributed by atoms with Crippen molar-refractivity contribution in [3.63, 3.8) is 0 Å². The van der Waals surface area contributed by atoms with Gasteiger partial charge in [0.1, 0.15) is 0 Å². The van der Waals surface area contributed by atoms with Gasteiger partial charge in [0.25, 0.3) is 0 Å². The number of pyridine rings is 2. The van der Waals surface area contributed by atoms with Crippen LogP contribution in [-0.2, 0) is 6.42 Å². The van der Waals surface area contributed by atoms with E-state index in [1.807, 2.05) is 30.6 Å².